The Labute approximate surface area is 191 Å². The minimum absolute atomic E-state index is 0.213. The quantitative estimate of drug-likeness (QED) is 0.318. The van der Waals surface area contributed by atoms with Crippen LogP contribution < -0.4 is 14.2 Å². The van der Waals surface area contributed by atoms with Crippen LogP contribution in [0.2, 0.25) is 0 Å². The Balaban J connectivity index is 1.09. The molecule has 0 heterocycles. The Morgan fingerprint density at radius 2 is 1.09 bits per heavy atom. The Kier molecular flexibility index (Phi) is 8.44. The van der Waals surface area contributed by atoms with Crippen LogP contribution in [0, 0.1) is 5.92 Å². The van der Waals surface area contributed by atoms with Gasteiger partial charge in [-0.1, -0.05) is 48.5 Å². The number of hydrogen-bond donors (Lipinski definition) is 0. The van der Waals surface area contributed by atoms with E-state index in [1.165, 1.54) is 24.8 Å². The molecule has 3 aromatic carbocycles. The molecule has 4 heteroatoms. The van der Waals surface area contributed by atoms with Crippen molar-refractivity contribution in [2.45, 2.75) is 44.6 Å². The summed E-state index contributed by atoms with van der Waals surface area (Å²) in [6.07, 6.45) is 7.36. The summed E-state index contributed by atoms with van der Waals surface area (Å²) < 4.78 is 22.9. The van der Waals surface area contributed by atoms with Gasteiger partial charge in [0.05, 0.1) is 6.10 Å². The summed E-state index contributed by atoms with van der Waals surface area (Å²) in [6, 6.07) is 27.9. The number of para-hydroxylation sites is 2. The zero-order valence-corrected chi connectivity index (χ0v) is 18.5. The SMILES string of the molecule is c1ccc(OCOc2ccc(CCC3CCC(OCOc4ccccc4)CC3)cc2)cc1. The van der Waals surface area contributed by atoms with Crippen LogP contribution in [-0.4, -0.2) is 19.7 Å². The van der Waals surface area contributed by atoms with Crippen molar-refractivity contribution in [2.75, 3.05) is 13.6 Å². The lowest BCUT2D eigenvalue weighted by atomic mass is 9.84. The number of aryl methyl sites for hydroxylation is 1. The Bertz CT molecular complexity index is 888. The molecule has 0 aromatic heterocycles. The van der Waals surface area contributed by atoms with Crippen molar-refractivity contribution in [3.05, 3.63) is 90.5 Å². The lowest BCUT2D eigenvalue weighted by Gasteiger charge is -2.28. The van der Waals surface area contributed by atoms with Gasteiger partial charge < -0.3 is 18.9 Å². The molecule has 0 atom stereocenters. The van der Waals surface area contributed by atoms with Crippen LogP contribution >= 0.6 is 0 Å². The van der Waals surface area contributed by atoms with Gasteiger partial charge in [0.1, 0.15) is 17.2 Å². The van der Waals surface area contributed by atoms with Crippen LogP contribution in [0.25, 0.3) is 0 Å². The Morgan fingerprint density at radius 1 is 0.562 bits per heavy atom. The maximum Gasteiger partial charge on any atom is 0.230 e. The highest BCUT2D eigenvalue weighted by atomic mass is 16.7. The van der Waals surface area contributed by atoms with Crippen molar-refractivity contribution in [3.8, 4) is 17.2 Å². The van der Waals surface area contributed by atoms with Gasteiger partial charge >= 0.3 is 0 Å². The first-order valence-electron chi connectivity index (χ1n) is 11.5. The van der Waals surface area contributed by atoms with Crippen molar-refractivity contribution in [1.82, 2.24) is 0 Å². The van der Waals surface area contributed by atoms with E-state index in [1.54, 1.807) is 0 Å². The molecule has 1 fully saturated rings. The molecule has 3 aromatic rings. The topological polar surface area (TPSA) is 36.9 Å². The second-order valence-corrected chi connectivity index (χ2v) is 8.29. The van der Waals surface area contributed by atoms with E-state index in [9.17, 15) is 0 Å². The van der Waals surface area contributed by atoms with E-state index in [-0.39, 0.29) is 6.79 Å². The molecule has 1 aliphatic carbocycles. The fourth-order valence-electron chi connectivity index (χ4n) is 4.11. The molecule has 0 radical (unpaired) electrons. The molecule has 0 aliphatic heterocycles. The van der Waals surface area contributed by atoms with Gasteiger partial charge in [-0.05, 0) is 86.4 Å². The zero-order chi connectivity index (χ0) is 21.8. The third kappa shape index (κ3) is 7.31. The van der Waals surface area contributed by atoms with E-state index >= 15 is 0 Å². The van der Waals surface area contributed by atoms with Crippen molar-refractivity contribution < 1.29 is 18.9 Å². The summed E-state index contributed by atoms with van der Waals surface area (Å²) in [5.41, 5.74) is 1.36. The standard InChI is InChI=1S/C28H32O4/c1-3-7-25(8-4-1)29-21-31-27-17-13-23(14-18-27)11-12-24-15-19-28(20-16-24)32-22-30-26-9-5-2-6-10-26/h1-10,13-14,17-18,24,28H,11-12,15-16,19-22H2. The highest BCUT2D eigenvalue weighted by Crippen LogP contribution is 2.30. The molecule has 168 valence electrons. The smallest absolute Gasteiger partial charge is 0.230 e. The molecule has 0 spiro atoms. The van der Waals surface area contributed by atoms with Crippen LogP contribution in [0.3, 0.4) is 0 Å². The molecule has 0 unspecified atom stereocenters. The molecule has 1 aliphatic rings. The molecule has 0 N–H and O–H groups in total. The second kappa shape index (κ2) is 12.2. The number of ether oxygens (including phenoxy) is 4. The predicted molar refractivity (Wildman–Crippen MR) is 126 cm³/mol. The largest absolute Gasteiger partial charge is 0.468 e. The summed E-state index contributed by atoms with van der Waals surface area (Å²) >= 11 is 0. The van der Waals surface area contributed by atoms with E-state index in [2.05, 4.69) is 12.1 Å². The van der Waals surface area contributed by atoms with Crippen molar-refractivity contribution >= 4 is 0 Å². The summed E-state index contributed by atoms with van der Waals surface area (Å²) in [5.74, 6) is 3.29. The second-order valence-electron chi connectivity index (χ2n) is 8.29. The summed E-state index contributed by atoms with van der Waals surface area (Å²) in [4.78, 5) is 0. The molecule has 0 bridgehead atoms. The predicted octanol–water partition coefficient (Wildman–Crippen LogP) is 6.65. The molecule has 4 nitrogen and oxygen atoms in total. The lowest BCUT2D eigenvalue weighted by molar-refractivity contribution is -0.0552. The number of hydrogen-bond acceptors (Lipinski definition) is 4. The van der Waals surface area contributed by atoms with Crippen LogP contribution in [0.1, 0.15) is 37.7 Å². The first-order chi connectivity index (χ1) is 15.8. The Morgan fingerprint density at radius 3 is 1.69 bits per heavy atom. The minimum atomic E-state index is 0.213. The van der Waals surface area contributed by atoms with Crippen molar-refractivity contribution in [1.29, 1.82) is 0 Å². The monoisotopic (exact) mass is 432 g/mol. The van der Waals surface area contributed by atoms with Gasteiger partial charge in [0.2, 0.25) is 6.79 Å². The number of benzene rings is 3. The van der Waals surface area contributed by atoms with Gasteiger partial charge in [-0.3, -0.25) is 0 Å². The molecule has 0 saturated heterocycles. The van der Waals surface area contributed by atoms with Gasteiger partial charge in [0.15, 0.2) is 6.79 Å². The maximum atomic E-state index is 5.93. The van der Waals surface area contributed by atoms with E-state index in [0.717, 1.165) is 42.4 Å². The average Bonchev–Trinajstić information content (AvgIpc) is 2.86. The molecular weight excluding hydrogens is 400 g/mol. The minimum Gasteiger partial charge on any atom is -0.468 e. The van der Waals surface area contributed by atoms with E-state index in [4.69, 9.17) is 18.9 Å². The molecule has 32 heavy (non-hydrogen) atoms. The highest BCUT2D eigenvalue weighted by molar-refractivity contribution is 5.27. The van der Waals surface area contributed by atoms with Gasteiger partial charge in [-0.15, -0.1) is 0 Å². The number of rotatable bonds is 11. The summed E-state index contributed by atoms with van der Waals surface area (Å²) in [5, 5.41) is 0. The first-order valence-corrected chi connectivity index (χ1v) is 11.5. The van der Waals surface area contributed by atoms with Crippen LogP contribution in [0.4, 0.5) is 0 Å². The van der Waals surface area contributed by atoms with E-state index in [1.807, 2.05) is 72.8 Å². The fraction of sp³-hybridized carbons (Fsp3) is 0.357. The molecule has 1 saturated carbocycles. The zero-order valence-electron chi connectivity index (χ0n) is 18.5. The Hall–Kier alpha value is -2.98. The third-order valence-corrected chi connectivity index (χ3v) is 6.03. The lowest BCUT2D eigenvalue weighted by Crippen LogP contribution is -2.23. The van der Waals surface area contributed by atoms with Crippen LogP contribution in [-0.2, 0) is 11.2 Å². The van der Waals surface area contributed by atoms with Crippen molar-refractivity contribution in [2.24, 2.45) is 5.92 Å². The molecule has 0 amide bonds. The van der Waals surface area contributed by atoms with Gasteiger partial charge in [0, 0.05) is 0 Å². The van der Waals surface area contributed by atoms with E-state index < -0.39 is 0 Å². The molecule has 4 rings (SSSR count). The normalized spacial score (nSPS) is 18.1. The van der Waals surface area contributed by atoms with Crippen LogP contribution in [0.5, 0.6) is 17.2 Å². The average molecular weight is 433 g/mol. The van der Waals surface area contributed by atoms with Gasteiger partial charge in [-0.2, -0.15) is 0 Å². The fourth-order valence-corrected chi connectivity index (χ4v) is 4.11. The molecular formula is C28H32O4. The van der Waals surface area contributed by atoms with Gasteiger partial charge in [-0.25, -0.2) is 0 Å². The maximum absolute atomic E-state index is 5.93. The van der Waals surface area contributed by atoms with Crippen LogP contribution in [0.15, 0.2) is 84.9 Å². The summed E-state index contributed by atoms with van der Waals surface area (Å²) in [7, 11) is 0. The third-order valence-electron chi connectivity index (χ3n) is 6.03. The highest BCUT2D eigenvalue weighted by Gasteiger charge is 2.21. The summed E-state index contributed by atoms with van der Waals surface area (Å²) in [6.45, 7) is 0.551. The first kappa shape index (κ1) is 22.2. The van der Waals surface area contributed by atoms with Crippen molar-refractivity contribution in [3.63, 3.8) is 0 Å². The van der Waals surface area contributed by atoms with Gasteiger partial charge in [0.25, 0.3) is 0 Å². The van der Waals surface area contributed by atoms with E-state index in [0.29, 0.717) is 12.9 Å².